The van der Waals surface area contributed by atoms with Gasteiger partial charge in [0.2, 0.25) is 15.7 Å². The maximum Gasteiger partial charge on any atom is 0.245 e. The first-order chi connectivity index (χ1) is 13.8. The second kappa shape index (κ2) is 7.38. The van der Waals surface area contributed by atoms with Crippen molar-refractivity contribution < 1.29 is 17.7 Å². The van der Waals surface area contributed by atoms with Crippen LogP contribution >= 0.6 is 11.6 Å². The van der Waals surface area contributed by atoms with Crippen LogP contribution in [0.1, 0.15) is 5.76 Å². The molecule has 0 aliphatic heterocycles. The summed E-state index contributed by atoms with van der Waals surface area (Å²) >= 11 is 5.88. The molecule has 0 bridgehead atoms. The van der Waals surface area contributed by atoms with Crippen LogP contribution in [0.4, 0.5) is 5.82 Å². The van der Waals surface area contributed by atoms with E-state index in [-0.39, 0.29) is 22.2 Å². The highest BCUT2D eigenvalue weighted by Crippen LogP contribution is 2.30. The van der Waals surface area contributed by atoms with Crippen molar-refractivity contribution in [3.05, 3.63) is 71.6 Å². The third kappa shape index (κ3) is 3.76. The molecule has 7 nitrogen and oxygen atoms in total. The molecule has 29 heavy (non-hydrogen) atoms. The first kappa shape index (κ1) is 19.2. The predicted octanol–water partition coefficient (Wildman–Crippen LogP) is 4.06. The fourth-order valence-electron chi connectivity index (χ4n) is 3.06. The number of para-hydroxylation sites is 1. The molecule has 1 amide bonds. The van der Waals surface area contributed by atoms with E-state index in [1.165, 1.54) is 30.5 Å². The van der Waals surface area contributed by atoms with Gasteiger partial charge in [0, 0.05) is 28.2 Å². The predicted molar refractivity (Wildman–Crippen MR) is 109 cm³/mol. The average Bonchev–Trinajstić information content (AvgIpc) is 3.26. The molecule has 0 unspecified atom stereocenters. The van der Waals surface area contributed by atoms with Crippen LogP contribution in [0.3, 0.4) is 0 Å². The zero-order valence-electron chi connectivity index (χ0n) is 15.3. The lowest BCUT2D eigenvalue weighted by Crippen LogP contribution is -2.18. The quantitative estimate of drug-likeness (QED) is 0.516. The molecular weight excluding hydrogens is 414 g/mol. The van der Waals surface area contributed by atoms with Crippen molar-refractivity contribution in [2.24, 2.45) is 0 Å². The number of carbonyl (C=O) groups is 1. The Hall–Kier alpha value is -3.10. The van der Waals surface area contributed by atoms with Gasteiger partial charge in [-0.15, -0.1) is 0 Å². The Morgan fingerprint density at radius 2 is 1.90 bits per heavy atom. The molecule has 0 aliphatic carbocycles. The molecular formula is C20H16ClN3O4S. The highest BCUT2D eigenvalue weighted by Gasteiger charge is 2.24. The van der Waals surface area contributed by atoms with Gasteiger partial charge in [-0.2, -0.15) is 0 Å². The number of hydrogen-bond acceptors (Lipinski definition) is 5. The van der Waals surface area contributed by atoms with Crippen LogP contribution in [-0.4, -0.2) is 24.0 Å². The zero-order chi connectivity index (χ0) is 20.6. The summed E-state index contributed by atoms with van der Waals surface area (Å²) in [5, 5.41) is 7.35. The average molecular weight is 430 g/mol. The number of aryl methyl sites for hydroxylation is 1. The van der Waals surface area contributed by atoms with Gasteiger partial charge in [-0.05, 0) is 37.3 Å². The van der Waals surface area contributed by atoms with Gasteiger partial charge < -0.3 is 14.4 Å². The third-order valence-corrected chi connectivity index (χ3v) is 6.42. The minimum atomic E-state index is -3.79. The summed E-state index contributed by atoms with van der Waals surface area (Å²) in [4.78, 5) is 12.7. The molecule has 2 aromatic heterocycles. The Bertz CT molecular complexity index is 1310. The fraction of sp³-hybridized carbons (Fsp3) is 0.100. The van der Waals surface area contributed by atoms with Crippen LogP contribution in [0, 0.1) is 6.92 Å². The van der Waals surface area contributed by atoms with Gasteiger partial charge in [0.05, 0.1) is 9.79 Å². The Balaban J connectivity index is 1.71. The van der Waals surface area contributed by atoms with Crippen molar-refractivity contribution in [1.29, 1.82) is 0 Å². The number of benzene rings is 2. The number of hydrogen-bond donors (Lipinski definition) is 1. The minimum Gasteiger partial charge on any atom is -0.360 e. The largest absolute Gasteiger partial charge is 0.360 e. The van der Waals surface area contributed by atoms with E-state index in [1.807, 2.05) is 0 Å². The summed E-state index contributed by atoms with van der Waals surface area (Å²) < 4.78 is 32.9. The zero-order valence-corrected chi connectivity index (χ0v) is 16.9. The number of anilines is 1. The van der Waals surface area contributed by atoms with E-state index in [4.69, 9.17) is 16.1 Å². The smallest absolute Gasteiger partial charge is 0.245 e. The van der Waals surface area contributed by atoms with Crippen LogP contribution in [0.15, 0.2) is 75.1 Å². The minimum absolute atomic E-state index is 0.0808. The Morgan fingerprint density at radius 3 is 2.59 bits per heavy atom. The summed E-state index contributed by atoms with van der Waals surface area (Å²) in [6.07, 6.45) is 1.47. The first-order valence-corrected chi connectivity index (χ1v) is 10.5. The van der Waals surface area contributed by atoms with Crippen molar-refractivity contribution in [2.75, 3.05) is 5.32 Å². The van der Waals surface area contributed by atoms with Crippen molar-refractivity contribution >= 4 is 44.1 Å². The molecule has 148 valence electrons. The van der Waals surface area contributed by atoms with E-state index in [0.717, 1.165) is 0 Å². The molecule has 0 atom stereocenters. The monoisotopic (exact) mass is 429 g/mol. The van der Waals surface area contributed by atoms with Crippen molar-refractivity contribution in [3.8, 4) is 0 Å². The third-order valence-electron chi connectivity index (χ3n) is 4.37. The van der Waals surface area contributed by atoms with E-state index < -0.39 is 9.84 Å². The molecule has 4 rings (SSSR count). The van der Waals surface area contributed by atoms with Crippen LogP contribution in [0.5, 0.6) is 0 Å². The lowest BCUT2D eigenvalue weighted by atomic mass is 10.2. The van der Waals surface area contributed by atoms with Gasteiger partial charge in [-0.1, -0.05) is 35.0 Å². The summed E-state index contributed by atoms with van der Waals surface area (Å²) in [6, 6.07) is 14.6. The molecule has 9 heteroatoms. The van der Waals surface area contributed by atoms with Crippen LogP contribution in [-0.2, 0) is 21.2 Å². The molecule has 0 radical (unpaired) electrons. The summed E-state index contributed by atoms with van der Waals surface area (Å²) in [7, 11) is -3.79. The molecule has 0 fully saturated rings. The Kier molecular flexibility index (Phi) is 4.89. The maximum atomic E-state index is 13.2. The van der Waals surface area contributed by atoms with E-state index in [9.17, 15) is 13.2 Å². The number of nitrogens with zero attached hydrogens (tertiary/aromatic N) is 2. The molecule has 0 spiro atoms. The van der Waals surface area contributed by atoms with Crippen LogP contribution < -0.4 is 5.32 Å². The molecule has 2 aromatic carbocycles. The number of rotatable bonds is 5. The van der Waals surface area contributed by atoms with Gasteiger partial charge >= 0.3 is 0 Å². The second-order valence-electron chi connectivity index (χ2n) is 6.47. The topological polar surface area (TPSA) is 94.2 Å². The molecule has 0 saturated carbocycles. The SMILES string of the molecule is Cc1cc(NC(=O)Cn2cc(S(=O)(=O)c3ccc(Cl)cc3)c3ccccc32)no1. The lowest BCUT2D eigenvalue weighted by Gasteiger charge is -2.04. The van der Waals surface area contributed by atoms with Crippen LogP contribution in [0.25, 0.3) is 10.9 Å². The van der Waals surface area contributed by atoms with Gasteiger partial charge in [0.15, 0.2) is 5.82 Å². The molecule has 0 saturated heterocycles. The number of amides is 1. The molecule has 0 aliphatic rings. The van der Waals surface area contributed by atoms with E-state index in [1.54, 1.807) is 41.8 Å². The highest BCUT2D eigenvalue weighted by atomic mass is 35.5. The summed E-state index contributed by atoms with van der Waals surface area (Å²) in [6.45, 7) is 1.64. The second-order valence-corrected chi connectivity index (χ2v) is 8.82. The van der Waals surface area contributed by atoms with E-state index >= 15 is 0 Å². The van der Waals surface area contributed by atoms with E-state index in [2.05, 4.69) is 10.5 Å². The summed E-state index contributed by atoms with van der Waals surface area (Å²) in [5.74, 6) is 0.524. The number of fused-ring (bicyclic) bond motifs is 1. The number of halogens is 1. The number of nitrogens with one attached hydrogen (secondary N) is 1. The van der Waals surface area contributed by atoms with Gasteiger partial charge in [0.25, 0.3) is 0 Å². The Morgan fingerprint density at radius 1 is 1.17 bits per heavy atom. The highest BCUT2D eigenvalue weighted by molar-refractivity contribution is 7.91. The maximum absolute atomic E-state index is 13.2. The number of aromatic nitrogens is 2. The van der Waals surface area contributed by atoms with Gasteiger partial charge in [-0.3, -0.25) is 4.79 Å². The number of sulfone groups is 1. The number of carbonyl (C=O) groups excluding carboxylic acids is 1. The van der Waals surface area contributed by atoms with Gasteiger partial charge in [-0.25, -0.2) is 8.42 Å². The first-order valence-electron chi connectivity index (χ1n) is 8.66. The summed E-state index contributed by atoms with van der Waals surface area (Å²) in [5.41, 5.74) is 0.631. The molecule has 2 heterocycles. The Labute approximate surface area is 171 Å². The van der Waals surface area contributed by atoms with Crippen molar-refractivity contribution in [3.63, 3.8) is 0 Å². The fourth-order valence-corrected chi connectivity index (χ4v) is 4.66. The lowest BCUT2D eigenvalue weighted by molar-refractivity contribution is -0.116. The van der Waals surface area contributed by atoms with Crippen molar-refractivity contribution in [2.45, 2.75) is 23.3 Å². The standard InChI is InChI=1S/C20H16ClN3O4S/c1-13-10-19(23-28-13)22-20(25)12-24-11-18(16-4-2-3-5-17(16)24)29(26,27)15-8-6-14(21)7-9-15/h2-11H,12H2,1H3,(H,22,23,25). The van der Waals surface area contributed by atoms with E-state index in [0.29, 0.717) is 27.5 Å². The molecule has 4 aromatic rings. The van der Waals surface area contributed by atoms with Crippen molar-refractivity contribution in [1.82, 2.24) is 9.72 Å². The van der Waals surface area contributed by atoms with Gasteiger partial charge in [0.1, 0.15) is 12.3 Å². The van der Waals surface area contributed by atoms with Crippen LogP contribution in [0.2, 0.25) is 5.02 Å². The molecule has 1 N–H and O–H groups in total. The normalized spacial score (nSPS) is 11.7.